The lowest BCUT2D eigenvalue weighted by molar-refractivity contribution is -0.133. The van der Waals surface area contributed by atoms with Gasteiger partial charge in [0, 0.05) is 51.8 Å². The monoisotopic (exact) mass is 368 g/mol. The molecule has 2 heterocycles. The van der Waals surface area contributed by atoms with E-state index >= 15 is 0 Å². The van der Waals surface area contributed by atoms with Gasteiger partial charge in [-0.25, -0.2) is 4.98 Å². The van der Waals surface area contributed by atoms with Crippen LogP contribution in [0.4, 0.5) is 5.82 Å². The molecule has 0 unspecified atom stereocenters. The highest BCUT2D eigenvalue weighted by Crippen LogP contribution is 2.42. The Bertz CT molecular complexity index is 697. The summed E-state index contributed by atoms with van der Waals surface area (Å²) in [6.45, 7) is 3.70. The van der Waals surface area contributed by atoms with Crippen LogP contribution >= 0.6 is 0 Å². The smallest absolute Gasteiger partial charge is 0.223 e. The maximum Gasteiger partial charge on any atom is 0.223 e. The van der Waals surface area contributed by atoms with Crippen LogP contribution in [0.2, 0.25) is 0 Å². The van der Waals surface area contributed by atoms with Gasteiger partial charge in [0.15, 0.2) is 0 Å². The molecule has 1 aromatic heterocycles. The number of amides is 2. The van der Waals surface area contributed by atoms with Gasteiger partial charge < -0.3 is 15.1 Å². The standard InChI is InChI=1S/C21H28N4O2/c26-20(23-15-18-14-16-4-5-17(18)13-16)6-7-21(27)25-11-9-24(10-12-25)19-3-1-2-8-22-19/h1-5,8,16-18H,6-7,9-15H2,(H,23,26)/t16-,17+,18-/m1/s1. The first-order valence-electron chi connectivity index (χ1n) is 10.1. The van der Waals surface area contributed by atoms with E-state index < -0.39 is 0 Å². The molecule has 144 valence electrons. The summed E-state index contributed by atoms with van der Waals surface area (Å²) in [4.78, 5) is 33.0. The minimum Gasteiger partial charge on any atom is -0.356 e. The number of nitrogens with zero attached hydrogens (tertiary/aromatic N) is 3. The number of nitrogens with one attached hydrogen (secondary N) is 1. The molecule has 4 rings (SSSR count). The molecule has 0 spiro atoms. The van der Waals surface area contributed by atoms with Crippen molar-refractivity contribution in [2.24, 2.45) is 17.8 Å². The molecule has 6 nitrogen and oxygen atoms in total. The van der Waals surface area contributed by atoms with Crippen LogP contribution in [0, 0.1) is 17.8 Å². The average molecular weight is 368 g/mol. The Morgan fingerprint density at radius 2 is 1.93 bits per heavy atom. The van der Waals surface area contributed by atoms with Crippen LogP contribution < -0.4 is 10.2 Å². The van der Waals surface area contributed by atoms with E-state index in [1.807, 2.05) is 23.1 Å². The topological polar surface area (TPSA) is 65.5 Å². The highest BCUT2D eigenvalue weighted by molar-refractivity contribution is 5.83. The average Bonchev–Trinajstić information content (AvgIpc) is 3.34. The fourth-order valence-electron chi connectivity index (χ4n) is 4.57. The van der Waals surface area contributed by atoms with E-state index in [1.54, 1.807) is 6.20 Å². The largest absolute Gasteiger partial charge is 0.356 e. The molecule has 2 bridgehead atoms. The Balaban J connectivity index is 1.14. The summed E-state index contributed by atoms with van der Waals surface area (Å²) in [6, 6.07) is 5.88. The van der Waals surface area contributed by atoms with E-state index in [9.17, 15) is 9.59 Å². The molecular formula is C21H28N4O2. The highest BCUT2D eigenvalue weighted by atomic mass is 16.2. The first-order valence-corrected chi connectivity index (χ1v) is 10.1. The summed E-state index contributed by atoms with van der Waals surface area (Å²) in [5, 5.41) is 3.04. The lowest BCUT2D eigenvalue weighted by atomic mass is 9.93. The van der Waals surface area contributed by atoms with Crippen LogP contribution in [0.25, 0.3) is 0 Å². The Kier molecular flexibility index (Phi) is 5.41. The van der Waals surface area contributed by atoms with Crippen molar-refractivity contribution in [3.63, 3.8) is 0 Å². The van der Waals surface area contributed by atoms with Crippen LogP contribution in [0.3, 0.4) is 0 Å². The Morgan fingerprint density at radius 1 is 1.07 bits per heavy atom. The number of anilines is 1. The molecule has 0 radical (unpaired) electrons. The summed E-state index contributed by atoms with van der Waals surface area (Å²) < 4.78 is 0. The molecule has 1 aromatic rings. The van der Waals surface area contributed by atoms with Gasteiger partial charge in [-0.15, -0.1) is 0 Å². The van der Waals surface area contributed by atoms with Crippen molar-refractivity contribution in [2.45, 2.75) is 25.7 Å². The third-order valence-corrected chi connectivity index (χ3v) is 6.15. The number of pyridine rings is 1. The van der Waals surface area contributed by atoms with Gasteiger partial charge >= 0.3 is 0 Å². The second kappa shape index (κ2) is 8.11. The van der Waals surface area contributed by atoms with Gasteiger partial charge in [-0.1, -0.05) is 18.2 Å². The fourth-order valence-corrected chi connectivity index (χ4v) is 4.57. The van der Waals surface area contributed by atoms with E-state index in [2.05, 4.69) is 27.4 Å². The molecule has 2 aliphatic carbocycles. The third-order valence-electron chi connectivity index (χ3n) is 6.15. The van der Waals surface area contributed by atoms with Crippen molar-refractivity contribution in [1.29, 1.82) is 0 Å². The molecule has 1 saturated heterocycles. The van der Waals surface area contributed by atoms with Gasteiger partial charge in [-0.2, -0.15) is 0 Å². The van der Waals surface area contributed by atoms with Gasteiger partial charge in [0.05, 0.1) is 0 Å². The maximum absolute atomic E-state index is 12.4. The van der Waals surface area contributed by atoms with Gasteiger partial charge in [0.1, 0.15) is 5.82 Å². The maximum atomic E-state index is 12.4. The summed E-state index contributed by atoms with van der Waals surface area (Å²) in [7, 11) is 0. The van der Waals surface area contributed by atoms with E-state index in [0.717, 1.165) is 31.4 Å². The predicted octanol–water partition coefficient (Wildman–Crippen LogP) is 1.84. The minimum atomic E-state index is 0.00206. The number of carbonyl (C=O) groups excluding carboxylic acids is 2. The molecule has 2 fully saturated rings. The van der Waals surface area contributed by atoms with Gasteiger partial charge in [0.25, 0.3) is 0 Å². The first kappa shape index (κ1) is 18.0. The van der Waals surface area contributed by atoms with Crippen molar-refractivity contribution in [1.82, 2.24) is 15.2 Å². The van der Waals surface area contributed by atoms with Gasteiger partial charge in [-0.05, 0) is 42.7 Å². The zero-order chi connectivity index (χ0) is 18.6. The zero-order valence-electron chi connectivity index (χ0n) is 15.7. The van der Waals surface area contributed by atoms with Crippen molar-refractivity contribution >= 4 is 17.6 Å². The SMILES string of the molecule is O=C(CCC(=O)N1CCN(c2ccccn2)CC1)NC[C@H]1C[C@@H]2C=C[C@H]1C2. The second-order valence-corrected chi connectivity index (χ2v) is 7.90. The van der Waals surface area contributed by atoms with Crippen LogP contribution in [0.5, 0.6) is 0 Å². The first-order chi connectivity index (χ1) is 13.2. The number of allylic oxidation sites excluding steroid dienone is 2. The molecule has 3 aliphatic rings. The van der Waals surface area contributed by atoms with Gasteiger partial charge in [-0.3, -0.25) is 9.59 Å². The molecule has 1 aliphatic heterocycles. The van der Waals surface area contributed by atoms with Crippen molar-refractivity contribution in [3.05, 3.63) is 36.5 Å². The summed E-state index contributed by atoms with van der Waals surface area (Å²) in [5.41, 5.74) is 0. The minimum absolute atomic E-state index is 0.00206. The number of rotatable bonds is 6. The highest BCUT2D eigenvalue weighted by Gasteiger charge is 2.35. The number of fused-ring (bicyclic) bond motifs is 2. The molecule has 3 atom stereocenters. The lowest BCUT2D eigenvalue weighted by Crippen LogP contribution is -2.49. The number of hydrogen-bond acceptors (Lipinski definition) is 4. The Hall–Kier alpha value is -2.37. The van der Waals surface area contributed by atoms with Crippen LogP contribution in [0.1, 0.15) is 25.7 Å². The lowest BCUT2D eigenvalue weighted by Gasteiger charge is -2.35. The van der Waals surface area contributed by atoms with E-state index in [-0.39, 0.29) is 18.2 Å². The summed E-state index contributed by atoms with van der Waals surface area (Å²) in [5.74, 6) is 2.99. The summed E-state index contributed by atoms with van der Waals surface area (Å²) in [6.07, 6.45) is 9.44. The van der Waals surface area contributed by atoms with E-state index in [0.29, 0.717) is 31.3 Å². The van der Waals surface area contributed by atoms with Crippen LogP contribution in [-0.2, 0) is 9.59 Å². The number of carbonyl (C=O) groups is 2. The molecule has 27 heavy (non-hydrogen) atoms. The Labute approximate surface area is 160 Å². The van der Waals surface area contributed by atoms with E-state index in [1.165, 1.54) is 12.8 Å². The molecule has 1 N–H and O–H groups in total. The van der Waals surface area contributed by atoms with Crippen LogP contribution in [-0.4, -0.2) is 54.4 Å². The molecule has 1 saturated carbocycles. The Morgan fingerprint density at radius 3 is 2.59 bits per heavy atom. The molecular weight excluding hydrogens is 340 g/mol. The molecule has 0 aromatic carbocycles. The van der Waals surface area contributed by atoms with E-state index in [4.69, 9.17) is 0 Å². The predicted molar refractivity (Wildman–Crippen MR) is 104 cm³/mol. The normalized spacial score (nSPS) is 26.4. The quantitative estimate of drug-likeness (QED) is 0.778. The van der Waals surface area contributed by atoms with Crippen molar-refractivity contribution < 1.29 is 9.59 Å². The molecule has 2 amide bonds. The third kappa shape index (κ3) is 4.31. The fraction of sp³-hybridized carbons (Fsp3) is 0.571. The number of aromatic nitrogens is 1. The number of hydrogen-bond donors (Lipinski definition) is 1. The van der Waals surface area contributed by atoms with Crippen LogP contribution in [0.15, 0.2) is 36.5 Å². The summed E-state index contributed by atoms with van der Waals surface area (Å²) >= 11 is 0. The zero-order valence-corrected chi connectivity index (χ0v) is 15.7. The van der Waals surface area contributed by atoms with Crippen molar-refractivity contribution in [3.8, 4) is 0 Å². The van der Waals surface area contributed by atoms with Gasteiger partial charge in [0.2, 0.25) is 11.8 Å². The second-order valence-electron chi connectivity index (χ2n) is 7.90. The molecule has 6 heteroatoms. The number of piperazine rings is 1. The van der Waals surface area contributed by atoms with Crippen molar-refractivity contribution in [2.75, 3.05) is 37.6 Å².